The molecule has 0 atom stereocenters. The monoisotopic (exact) mass is 560 g/mol. The van der Waals surface area contributed by atoms with Crippen LogP contribution >= 0.6 is 0 Å². The molecule has 0 saturated heterocycles. The molecule has 0 N–H and O–H groups in total. The molecule has 0 aliphatic heterocycles. The summed E-state index contributed by atoms with van der Waals surface area (Å²) in [4.78, 5) is 27.1. The Balaban J connectivity index is 1.77. The van der Waals surface area contributed by atoms with Gasteiger partial charge >= 0.3 is 11.9 Å². The summed E-state index contributed by atoms with van der Waals surface area (Å²) in [5.41, 5.74) is 6.34. The van der Waals surface area contributed by atoms with Gasteiger partial charge in [0.15, 0.2) is 11.5 Å². The van der Waals surface area contributed by atoms with Gasteiger partial charge < -0.3 is 9.47 Å². The Hall–Kier alpha value is -4.44. The summed E-state index contributed by atoms with van der Waals surface area (Å²) in [5, 5.41) is 0. The summed E-state index contributed by atoms with van der Waals surface area (Å²) in [7, 11) is 0. The van der Waals surface area contributed by atoms with E-state index in [9.17, 15) is 9.59 Å². The van der Waals surface area contributed by atoms with Crippen molar-refractivity contribution in [3.8, 4) is 0 Å². The Morgan fingerprint density at radius 1 is 0.524 bits per heavy atom. The van der Waals surface area contributed by atoms with Gasteiger partial charge in [0.25, 0.3) is 0 Å². The van der Waals surface area contributed by atoms with Crippen molar-refractivity contribution in [2.75, 3.05) is 0 Å². The number of aryl methyl sites for hydroxylation is 4. The molecule has 0 amide bonds. The maximum atomic E-state index is 13.6. The zero-order chi connectivity index (χ0) is 29.9. The first-order valence-electron chi connectivity index (χ1n) is 14.9. The molecule has 216 valence electrons. The van der Waals surface area contributed by atoms with E-state index >= 15 is 0 Å². The number of carbonyl (C=O) groups is 2. The molecule has 0 heterocycles. The Labute approximate surface area is 250 Å². The number of benzene rings is 4. The minimum absolute atomic E-state index is 0.204. The molecule has 0 aliphatic carbocycles. The average Bonchev–Trinajstić information content (AvgIpc) is 3.01. The van der Waals surface area contributed by atoms with Crippen LogP contribution in [0.2, 0.25) is 0 Å². The van der Waals surface area contributed by atoms with Gasteiger partial charge in [0.05, 0.1) is 11.1 Å². The van der Waals surface area contributed by atoms with Gasteiger partial charge in [-0.25, -0.2) is 9.59 Å². The fourth-order valence-corrected chi connectivity index (χ4v) is 4.78. The molecule has 4 rings (SSSR count). The van der Waals surface area contributed by atoms with E-state index in [-0.39, 0.29) is 11.5 Å². The number of unbranched alkanes of at least 4 members (excludes halogenated alkanes) is 2. The molecule has 4 nitrogen and oxygen atoms in total. The number of esters is 2. The minimum atomic E-state index is -0.516. The first-order valence-corrected chi connectivity index (χ1v) is 14.9. The molecule has 0 bridgehead atoms. The lowest BCUT2D eigenvalue weighted by atomic mass is 10.0. The molecular formula is C38H40O4. The number of carbonyl (C=O) groups excluding carboxylic acids is 2. The number of ether oxygens (including phenoxy) is 2. The summed E-state index contributed by atoms with van der Waals surface area (Å²) in [5.74, 6) is -0.624. The maximum Gasteiger partial charge on any atom is 0.343 e. The van der Waals surface area contributed by atoms with Crippen LogP contribution in [0.15, 0.2) is 97.1 Å². The smallest absolute Gasteiger partial charge is 0.343 e. The summed E-state index contributed by atoms with van der Waals surface area (Å²) in [6, 6.07) is 30.3. The second-order valence-corrected chi connectivity index (χ2v) is 10.7. The Morgan fingerprint density at radius 3 is 1.21 bits per heavy atom. The predicted molar refractivity (Wildman–Crippen MR) is 170 cm³/mol. The second kappa shape index (κ2) is 15.0. The van der Waals surface area contributed by atoms with Gasteiger partial charge in [-0.2, -0.15) is 0 Å². The van der Waals surface area contributed by atoms with Crippen LogP contribution in [-0.2, 0) is 22.3 Å². The molecule has 0 fully saturated rings. The van der Waals surface area contributed by atoms with E-state index in [0.717, 1.165) is 49.7 Å². The Kier molecular flexibility index (Phi) is 10.9. The summed E-state index contributed by atoms with van der Waals surface area (Å²) < 4.78 is 12.3. The lowest BCUT2D eigenvalue weighted by Gasteiger charge is -2.19. The highest BCUT2D eigenvalue weighted by molar-refractivity contribution is 6.01. The highest BCUT2D eigenvalue weighted by atomic mass is 16.6. The number of hydrogen-bond donors (Lipinski definition) is 0. The third-order valence-electron chi connectivity index (χ3n) is 7.39. The van der Waals surface area contributed by atoms with Crippen LogP contribution in [0.3, 0.4) is 0 Å². The minimum Gasteiger partial charge on any atom is -0.418 e. The SMILES string of the molecule is CCCCc1ccc(C(=O)O/C(=C(/OC(=O)c2ccc(CCCC)cc2)c2ccccc2C)c2ccccc2C)cc1. The van der Waals surface area contributed by atoms with E-state index in [0.29, 0.717) is 22.3 Å². The van der Waals surface area contributed by atoms with Crippen molar-refractivity contribution in [3.63, 3.8) is 0 Å². The standard InChI is InChI=1S/C38H40O4/c1-5-7-15-29-19-23-31(24-20-29)37(39)41-35(33-17-11-9-13-27(33)3)36(34-18-12-10-14-28(34)4)42-38(40)32-25-21-30(22-26-32)16-8-6-2/h9-14,17-26H,5-8,15-16H2,1-4H3/b36-35+. The molecule has 0 aromatic heterocycles. The van der Waals surface area contributed by atoms with E-state index in [4.69, 9.17) is 9.47 Å². The molecule has 4 heteroatoms. The van der Waals surface area contributed by atoms with Crippen LogP contribution in [-0.4, -0.2) is 11.9 Å². The fourth-order valence-electron chi connectivity index (χ4n) is 4.78. The van der Waals surface area contributed by atoms with Crippen molar-refractivity contribution >= 4 is 23.5 Å². The van der Waals surface area contributed by atoms with Crippen LogP contribution < -0.4 is 0 Å². The van der Waals surface area contributed by atoms with Gasteiger partial charge in [-0.3, -0.25) is 0 Å². The van der Waals surface area contributed by atoms with Gasteiger partial charge in [-0.15, -0.1) is 0 Å². The quantitative estimate of drug-likeness (QED) is 0.0983. The molecule has 0 spiro atoms. The maximum absolute atomic E-state index is 13.6. The van der Waals surface area contributed by atoms with Crippen LogP contribution in [0, 0.1) is 13.8 Å². The summed E-state index contributed by atoms with van der Waals surface area (Å²) in [6.45, 7) is 8.20. The van der Waals surface area contributed by atoms with E-state index in [2.05, 4.69) is 13.8 Å². The first-order chi connectivity index (χ1) is 20.4. The van der Waals surface area contributed by atoms with Crippen LogP contribution in [0.1, 0.15) is 93.6 Å². The van der Waals surface area contributed by atoms with E-state index in [1.54, 1.807) is 24.3 Å². The van der Waals surface area contributed by atoms with E-state index in [1.165, 1.54) is 11.1 Å². The van der Waals surface area contributed by atoms with Crippen molar-refractivity contribution in [1.82, 2.24) is 0 Å². The van der Waals surface area contributed by atoms with Crippen LogP contribution in [0.25, 0.3) is 11.5 Å². The first kappa shape index (κ1) is 30.5. The van der Waals surface area contributed by atoms with E-state index in [1.807, 2.05) is 86.6 Å². The van der Waals surface area contributed by atoms with Crippen molar-refractivity contribution in [3.05, 3.63) is 142 Å². The van der Waals surface area contributed by atoms with Crippen LogP contribution in [0.4, 0.5) is 0 Å². The Morgan fingerprint density at radius 2 is 0.881 bits per heavy atom. The normalized spacial score (nSPS) is 11.5. The average molecular weight is 561 g/mol. The largest absolute Gasteiger partial charge is 0.418 e. The molecule has 4 aromatic rings. The number of rotatable bonds is 12. The van der Waals surface area contributed by atoms with Crippen molar-refractivity contribution in [1.29, 1.82) is 0 Å². The van der Waals surface area contributed by atoms with Gasteiger partial charge in [0.1, 0.15) is 0 Å². The van der Waals surface area contributed by atoms with Crippen molar-refractivity contribution in [2.24, 2.45) is 0 Å². The molecule has 0 saturated carbocycles. The molecular weight excluding hydrogens is 520 g/mol. The zero-order valence-electron chi connectivity index (χ0n) is 25.1. The summed E-state index contributed by atoms with van der Waals surface area (Å²) in [6.07, 6.45) is 6.34. The molecule has 4 aromatic carbocycles. The van der Waals surface area contributed by atoms with Gasteiger partial charge in [0, 0.05) is 11.1 Å². The number of hydrogen-bond acceptors (Lipinski definition) is 4. The Bertz CT molecular complexity index is 1410. The lowest BCUT2D eigenvalue weighted by Crippen LogP contribution is -2.12. The van der Waals surface area contributed by atoms with Crippen molar-refractivity contribution < 1.29 is 19.1 Å². The topological polar surface area (TPSA) is 52.6 Å². The molecule has 42 heavy (non-hydrogen) atoms. The van der Waals surface area contributed by atoms with E-state index < -0.39 is 11.9 Å². The third kappa shape index (κ3) is 7.85. The zero-order valence-corrected chi connectivity index (χ0v) is 25.1. The third-order valence-corrected chi connectivity index (χ3v) is 7.39. The molecule has 0 radical (unpaired) electrons. The predicted octanol–water partition coefficient (Wildman–Crippen LogP) is 9.53. The van der Waals surface area contributed by atoms with Crippen molar-refractivity contribution in [2.45, 2.75) is 66.2 Å². The highest BCUT2D eigenvalue weighted by Crippen LogP contribution is 2.33. The molecule has 0 aliphatic rings. The second-order valence-electron chi connectivity index (χ2n) is 10.7. The summed E-state index contributed by atoms with van der Waals surface area (Å²) >= 11 is 0. The van der Waals surface area contributed by atoms with Gasteiger partial charge in [0.2, 0.25) is 0 Å². The fraction of sp³-hybridized carbons (Fsp3) is 0.263. The van der Waals surface area contributed by atoms with Gasteiger partial charge in [-0.05, 0) is 86.1 Å². The lowest BCUT2D eigenvalue weighted by molar-refractivity contribution is 0.0646. The molecule has 0 unspecified atom stereocenters. The highest BCUT2D eigenvalue weighted by Gasteiger charge is 2.25. The van der Waals surface area contributed by atoms with Gasteiger partial charge in [-0.1, -0.05) is 99.5 Å². The van der Waals surface area contributed by atoms with Crippen LogP contribution in [0.5, 0.6) is 0 Å².